The van der Waals surface area contributed by atoms with E-state index >= 15 is 0 Å². The molecule has 58 valence electrons. The van der Waals surface area contributed by atoms with Crippen molar-refractivity contribution in [2.45, 2.75) is 35.3 Å². The third-order valence-electron chi connectivity index (χ3n) is 2.90. The number of halogens is 2. The van der Waals surface area contributed by atoms with Crippen LogP contribution in [0, 0.1) is 11.8 Å². The minimum atomic E-state index is 0.362. The van der Waals surface area contributed by atoms with Crippen LogP contribution in [0.3, 0.4) is 0 Å². The van der Waals surface area contributed by atoms with Gasteiger partial charge >= 0.3 is 0 Å². The highest BCUT2D eigenvalue weighted by Gasteiger charge is 2.60. The van der Waals surface area contributed by atoms with E-state index in [2.05, 4.69) is 31.9 Å². The average molecular weight is 268 g/mol. The summed E-state index contributed by atoms with van der Waals surface area (Å²) in [5, 5.41) is 0. The van der Waals surface area contributed by atoms with Gasteiger partial charge in [0.05, 0.1) is 3.23 Å². The fourth-order valence-corrected chi connectivity index (χ4v) is 4.08. The zero-order valence-electron chi connectivity index (χ0n) is 5.95. The van der Waals surface area contributed by atoms with Crippen molar-refractivity contribution in [2.24, 2.45) is 11.8 Å². The Morgan fingerprint density at radius 2 is 1.40 bits per heavy atom. The topological polar surface area (TPSA) is 0 Å². The molecule has 0 aromatic heterocycles. The Morgan fingerprint density at radius 3 is 1.90 bits per heavy atom. The van der Waals surface area contributed by atoms with Crippen LogP contribution >= 0.6 is 31.9 Å². The van der Waals surface area contributed by atoms with Crippen molar-refractivity contribution in [2.75, 3.05) is 0 Å². The van der Waals surface area contributed by atoms with Gasteiger partial charge in [-0.05, 0) is 24.7 Å². The summed E-state index contributed by atoms with van der Waals surface area (Å²) in [6, 6.07) is 0. The van der Waals surface area contributed by atoms with Gasteiger partial charge in [0, 0.05) is 0 Å². The molecule has 0 bridgehead atoms. The monoisotopic (exact) mass is 266 g/mol. The van der Waals surface area contributed by atoms with Gasteiger partial charge in [-0.3, -0.25) is 0 Å². The number of hydrogen-bond donors (Lipinski definition) is 0. The van der Waals surface area contributed by atoms with E-state index in [0.717, 1.165) is 11.8 Å². The molecule has 2 heteroatoms. The highest BCUT2D eigenvalue weighted by molar-refractivity contribution is 9.25. The second kappa shape index (κ2) is 2.48. The average Bonchev–Trinajstić information content (AvgIpc) is 2.47. The first-order valence-electron chi connectivity index (χ1n) is 4.11. The molecule has 0 nitrogen and oxygen atoms in total. The molecule has 0 saturated heterocycles. The maximum atomic E-state index is 3.73. The SMILES string of the molecule is BrC1(Br)[C@H]2CCCCC[C@@H]21. The van der Waals surface area contributed by atoms with E-state index in [1.165, 1.54) is 32.1 Å². The third-order valence-corrected chi connectivity index (χ3v) is 5.25. The molecular formula is C8H12Br2. The van der Waals surface area contributed by atoms with Crippen LogP contribution in [0.4, 0.5) is 0 Å². The second-order valence-electron chi connectivity index (χ2n) is 3.53. The van der Waals surface area contributed by atoms with Crippen molar-refractivity contribution >= 4 is 31.9 Å². The molecule has 0 aromatic rings. The predicted octanol–water partition coefficient (Wildman–Crippen LogP) is 3.68. The van der Waals surface area contributed by atoms with Crippen LogP contribution in [0.15, 0.2) is 0 Å². The highest BCUT2D eigenvalue weighted by Crippen LogP contribution is 2.66. The Bertz CT molecular complexity index is 128. The third kappa shape index (κ3) is 1.08. The number of hydrogen-bond acceptors (Lipinski definition) is 0. The van der Waals surface area contributed by atoms with E-state index < -0.39 is 0 Å². The van der Waals surface area contributed by atoms with Gasteiger partial charge in [0.25, 0.3) is 0 Å². The fraction of sp³-hybridized carbons (Fsp3) is 1.00. The summed E-state index contributed by atoms with van der Waals surface area (Å²) in [6.45, 7) is 0. The van der Waals surface area contributed by atoms with Crippen LogP contribution in [0.5, 0.6) is 0 Å². The van der Waals surface area contributed by atoms with Crippen LogP contribution in [0.2, 0.25) is 0 Å². The van der Waals surface area contributed by atoms with E-state index in [-0.39, 0.29) is 0 Å². The van der Waals surface area contributed by atoms with Crippen molar-refractivity contribution in [1.29, 1.82) is 0 Å². The second-order valence-corrected chi connectivity index (χ2v) is 7.21. The largest absolute Gasteiger partial charge is 0.0868 e. The number of rotatable bonds is 0. The van der Waals surface area contributed by atoms with Crippen LogP contribution < -0.4 is 0 Å². The Kier molecular flexibility index (Phi) is 1.88. The van der Waals surface area contributed by atoms with Crippen molar-refractivity contribution in [3.8, 4) is 0 Å². The molecule has 0 N–H and O–H groups in total. The van der Waals surface area contributed by atoms with Crippen LogP contribution in [-0.4, -0.2) is 3.23 Å². The molecule has 0 aliphatic heterocycles. The molecule has 2 aliphatic carbocycles. The molecule has 0 unspecified atom stereocenters. The Labute approximate surface area is 79.0 Å². The standard InChI is InChI=1S/C8H12Br2/c9-8(10)6-4-2-1-3-5-7(6)8/h6-7H,1-5H2/t6-,7-/m0/s1. The molecular weight excluding hydrogens is 256 g/mol. The summed E-state index contributed by atoms with van der Waals surface area (Å²) in [4.78, 5) is 0. The maximum absolute atomic E-state index is 3.73. The predicted molar refractivity (Wildman–Crippen MR) is 50.7 cm³/mol. The zero-order chi connectivity index (χ0) is 7.19. The molecule has 10 heavy (non-hydrogen) atoms. The molecule has 2 aliphatic rings. The van der Waals surface area contributed by atoms with Crippen molar-refractivity contribution in [3.05, 3.63) is 0 Å². The lowest BCUT2D eigenvalue weighted by Crippen LogP contribution is -1.91. The van der Waals surface area contributed by atoms with Gasteiger partial charge in [0.15, 0.2) is 0 Å². The Balaban J connectivity index is 2.01. The van der Waals surface area contributed by atoms with Crippen LogP contribution in [-0.2, 0) is 0 Å². The lowest BCUT2D eigenvalue weighted by atomic mass is 10.2. The minimum absolute atomic E-state index is 0.362. The van der Waals surface area contributed by atoms with E-state index in [1.54, 1.807) is 0 Å². The molecule has 0 aromatic carbocycles. The zero-order valence-corrected chi connectivity index (χ0v) is 9.12. The van der Waals surface area contributed by atoms with Gasteiger partial charge < -0.3 is 0 Å². The highest BCUT2D eigenvalue weighted by atomic mass is 79.9. The van der Waals surface area contributed by atoms with Gasteiger partial charge in [-0.15, -0.1) is 0 Å². The smallest absolute Gasteiger partial charge is 0.0721 e. The fourth-order valence-electron chi connectivity index (χ4n) is 2.15. The maximum Gasteiger partial charge on any atom is 0.0868 e. The normalized spacial score (nSPS) is 43.8. The molecule has 2 atom stereocenters. The number of alkyl halides is 2. The molecule has 2 saturated carbocycles. The van der Waals surface area contributed by atoms with E-state index in [9.17, 15) is 0 Å². The van der Waals surface area contributed by atoms with Gasteiger partial charge in [-0.25, -0.2) is 0 Å². The van der Waals surface area contributed by atoms with Crippen molar-refractivity contribution in [1.82, 2.24) is 0 Å². The number of fused-ring (bicyclic) bond motifs is 1. The lowest BCUT2D eigenvalue weighted by molar-refractivity contribution is 0.644. The summed E-state index contributed by atoms with van der Waals surface area (Å²) < 4.78 is 0.362. The summed E-state index contributed by atoms with van der Waals surface area (Å²) in [5.41, 5.74) is 0. The Morgan fingerprint density at radius 1 is 0.900 bits per heavy atom. The van der Waals surface area contributed by atoms with Crippen molar-refractivity contribution in [3.63, 3.8) is 0 Å². The van der Waals surface area contributed by atoms with Crippen LogP contribution in [0.1, 0.15) is 32.1 Å². The summed E-state index contributed by atoms with van der Waals surface area (Å²) in [7, 11) is 0. The van der Waals surface area contributed by atoms with E-state index in [0.29, 0.717) is 3.23 Å². The molecule has 2 rings (SSSR count). The lowest BCUT2D eigenvalue weighted by Gasteiger charge is -2.01. The Hall–Kier alpha value is 0.960. The van der Waals surface area contributed by atoms with Crippen LogP contribution in [0.25, 0.3) is 0 Å². The summed E-state index contributed by atoms with van der Waals surface area (Å²) in [5.74, 6) is 1.88. The molecule has 0 amide bonds. The van der Waals surface area contributed by atoms with Gasteiger partial charge in [-0.1, -0.05) is 51.1 Å². The molecule has 0 spiro atoms. The van der Waals surface area contributed by atoms with Gasteiger partial charge in [0.1, 0.15) is 0 Å². The molecule has 0 heterocycles. The van der Waals surface area contributed by atoms with E-state index in [1.807, 2.05) is 0 Å². The van der Waals surface area contributed by atoms with E-state index in [4.69, 9.17) is 0 Å². The first-order chi connectivity index (χ1) is 4.73. The van der Waals surface area contributed by atoms with Gasteiger partial charge in [-0.2, -0.15) is 0 Å². The first-order valence-corrected chi connectivity index (χ1v) is 5.69. The quantitative estimate of drug-likeness (QED) is 0.588. The summed E-state index contributed by atoms with van der Waals surface area (Å²) >= 11 is 7.46. The molecule has 2 fully saturated rings. The first kappa shape index (κ1) is 7.60. The summed E-state index contributed by atoms with van der Waals surface area (Å²) in [6.07, 6.45) is 7.21. The minimum Gasteiger partial charge on any atom is -0.0721 e. The van der Waals surface area contributed by atoms with Crippen molar-refractivity contribution < 1.29 is 0 Å². The van der Waals surface area contributed by atoms with Gasteiger partial charge in [0.2, 0.25) is 0 Å². The molecule has 0 radical (unpaired) electrons.